The maximum atomic E-state index is 12.7. The highest BCUT2D eigenvalue weighted by Crippen LogP contribution is 2.81. The average molecular weight is 480 g/mol. The van der Waals surface area contributed by atoms with Gasteiger partial charge in [0.15, 0.2) is 18.4 Å². The normalized spacial score (nSPS) is 52.5. The van der Waals surface area contributed by atoms with Gasteiger partial charge in [0.05, 0.1) is 17.6 Å². The van der Waals surface area contributed by atoms with Gasteiger partial charge < -0.3 is 49.2 Å². The third kappa shape index (κ3) is 2.59. The van der Waals surface area contributed by atoms with Crippen LogP contribution in [0.4, 0.5) is 0 Å². The van der Waals surface area contributed by atoms with Gasteiger partial charge in [0.2, 0.25) is 0 Å². The highest BCUT2D eigenvalue weighted by atomic mass is 16.8. The summed E-state index contributed by atoms with van der Waals surface area (Å²) in [6, 6.07) is 8.47. The predicted octanol–water partition coefficient (Wildman–Crippen LogP) is -1.36. The van der Waals surface area contributed by atoms with Gasteiger partial charge in [0, 0.05) is 12.3 Å². The molecule has 1 aromatic carbocycles. The zero-order chi connectivity index (χ0) is 24.1. The van der Waals surface area contributed by atoms with Crippen LogP contribution in [-0.4, -0.2) is 98.7 Å². The SMILES string of the molecule is C[C@@]12C[C@@]3(O)O[C@@H](O1)[C@]1(COC(=O)c4ccccc4)[C@H]3C[C@@]12O[C@@H]1O[C@H](CO)[C@H](O)[C@@H](O)[C@H]1O. The van der Waals surface area contributed by atoms with Gasteiger partial charge in [-0.2, -0.15) is 0 Å². The number of aliphatic hydroxyl groups excluding tert-OH is 4. The summed E-state index contributed by atoms with van der Waals surface area (Å²) in [6.45, 7) is 0.985. The molecule has 8 rings (SSSR count). The fourth-order valence-electron chi connectivity index (χ4n) is 6.87. The molecule has 34 heavy (non-hydrogen) atoms. The van der Waals surface area contributed by atoms with Crippen LogP contribution in [0.1, 0.15) is 30.1 Å². The van der Waals surface area contributed by atoms with Gasteiger partial charge in [-0.1, -0.05) is 18.2 Å². The molecule has 7 fully saturated rings. The van der Waals surface area contributed by atoms with Crippen LogP contribution in [-0.2, 0) is 23.7 Å². The highest BCUT2D eigenvalue weighted by molar-refractivity contribution is 5.89. The van der Waals surface area contributed by atoms with Crippen molar-refractivity contribution in [3.63, 3.8) is 0 Å². The molecule has 7 aliphatic rings. The molecule has 5 N–H and O–H groups in total. The van der Waals surface area contributed by atoms with E-state index in [0.29, 0.717) is 5.56 Å². The maximum Gasteiger partial charge on any atom is 0.338 e. The van der Waals surface area contributed by atoms with Gasteiger partial charge in [-0.25, -0.2) is 4.79 Å². The second-order valence-corrected chi connectivity index (χ2v) is 10.2. The molecule has 0 radical (unpaired) electrons. The van der Waals surface area contributed by atoms with E-state index in [9.17, 15) is 30.3 Å². The van der Waals surface area contributed by atoms with Gasteiger partial charge in [0.25, 0.3) is 0 Å². The number of aliphatic hydroxyl groups is 5. The first kappa shape index (κ1) is 22.8. The summed E-state index contributed by atoms with van der Waals surface area (Å²) in [4.78, 5) is 12.7. The Bertz CT molecular complexity index is 988. The summed E-state index contributed by atoms with van der Waals surface area (Å²) in [7, 11) is 0. The summed E-state index contributed by atoms with van der Waals surface area (Å²) in [5.74, 6) is -2.49. The van der Waals surface area contributed by atoms with Crippen LogP contribution in [0.3, 0.4) is 0 Å². The molecule has 4 aliphatic heterocycles. The number of hydrogen-bond donors (Lipinski definition) is 5. The second-order valence-electron chi connectivity index (χ2n) is 10.2. The third-order valence-electron chi connectivity index (χ3n) is 8.57. The molecule has 0 aromatic heterocycles. The molecular weight excluding hydrogens is 452 g/mol. The number of carbonyl (C=O) groups is 1. The maximum absolute atomic E-state index is 12.7. The molecule has 0 spiro atoms. The Morgan fingerprint density at radius 1 is 1.12 bits per heavy atom. The Balaban J connectivity index is 1.32. The van der Waals surface area contributed by atoms with Gasteiger partial charge in [0.1, 0.15) is 42.2 Å². The Labute approximate surface area is 194 Å². The van der Waals surface area contributed by atoms with Crippen LogP contribution in [0.25, 0.3) is 0 Å². The van der Waals surface area contributed by atoms with Crippen molar-refractivity contribution in [1.82, 2.24) is 0 Å². The summed E-state index contributed by atoms with van der Waals surface area (Å²) in [6.07, 6.45) is -7.87. The summed E-state index contributed by atoms with van der Waals surface area (Å²) in [5, 5.41) is 51.7. The summed E-state index contributed by atoms with van der Waals surface area (Å²) in [5.41, 5.74) is -2.99. The molecule has 186 valence electrons. The molecule has 4 saturated heterocycles. The van der Waals surface area contributed by atoms with E-state index in [1.807, 2.05) is 0 Å². The monoisotopic (exact) mass is 480 g/mol. The Morgan fingerprint density at radius 2 is 1.85 bits per heavy atom. The van der Waals surface area contributed by atoms with Crippen LogP contribution in [0.5, 0.6) is 0 Å². The van der Waals surface area contributed by atoms with E-state index in [4.69, 9.17) is 23.7 Å². The van der Waals surface area contributed by atoms with Crippen molar-refractivity contribution in [1.29, 1.82) is 0 Å². The van der Waals surface area contributed by atoms with Crippen molar-refractivity contribution in [3.8, 4) is 0 Å². The molecule has 11 nitrogen and oxygen atoms in total. The summed E-state index contributed by atoms with van der Waals surface area (Å²) < 4.78 is 29.7. The quantitative estimate of drug-likeness (QED) is 0.306. The number of rotatable bonds is 6. The fourth-order valence-corrected chi connectivity index (χ4v) is 6.87. The van der Waals surface area contributed by atoms with E-state index < -0.39 is 77.9 Å². The van der Waals surface area contributed by atoms with E-state index in [1.165, 1.54) is 0 Å². The zero-order valence-electron chi connectivity index (χ0n) is 18.4. The van der Waals surface area contributed by atoms with Crippen molar-refractivity contribution in [2.75, 3.05) is 13.2 Å². The van der Waals surface area contributed by atoms with E-state index in [0.717, 1.165) is 0 Å². The van der Waals surface area contributed by atoms with Gasteiger partial charge in [-0.15, -0.1) is 0 Å². The van der Waals surface area contributed by atoms with Gasteiger partial charge >= 0.3 is 5.97 Å². The molecule has 3 aliphatic carbocycles. The molecule has 11 heteroatoms. The number of carbonyl (C=O) groups excluding carboxylic acids is 1. The number of benzene rings is 1. The molecule has 1 aromatic rings. The zero-order valence-corrected chi connectivity index (χ0v) is 18.4. The minimum Gasteiger partial charge on any atom is -0.461 e. The van der Waals surface area contributed by atoms with Crippen LogP contribution in [0, 0.1) is 11.3 Å². The Hall–Kier alpha value is -1.67. The smallest absolute Gasteiger partial charge is 0.338 e. The van der Waals surface area contributed by atoms with Crippen molar-refractivity contribution >= 4 is 5.97 Å². The van der Waals surface area contributed by atoms with E-state index in [-0.39, 0.29) is 19.4 Å². The first-order valence-electron chi connectivity index (χ1n) is 11.4. The first-order valence-corrected chi connectivity index (χ1v) is 11.4. The predicted molar refractivity (Wildman–Crippen MR) is 109 cm³/mol. The van der Waals surface area contributed by atoms with Crippen molar-refractivity contribution in [2.24, 2.45) is 11.3 Å². The number of ether oxygens (including phenoxy) is 5. The average Bonchev–Trinajstić information content (AvgIpc) is 3.00. The fraction of sp³-hybridized carbons (Fsp3) is 0.696. The molecule has 3 saturated carbocycles. The minimum absolute atomic E-state index is 0.0902. The van der Waals surface area contributed by atoms with Crippen molar-refractivity contribution in [3.05, 3.63) is 35.9 Å². The topological polar surface area (TPSA) is 164 Å². The van der Waals surface area contributed by atoms with E-state index in [1.54, 1.807) is 37.3 Å². The minimum atomic E-state index is -1.61. The lowest BCUT2D eigenvalue weighted by Gasteiger charge is -2.67. The third-order valence-corrected chi connectivity index (χ3v) is 8.57. The molecule has 6 bridgehead atoms. The standard InChI is InChI=1S/C23H28O11/c1-20-9-22(29)13-7-23(20,32-18-16(27)15(26)14(25)12(8-24)31-18)21(13,19(33-20)34-22)10-30-17(28)11-5-3-2-4-6-11/h2-6,12-16,18-19,24-27,29H,7-10H2,1H3/t12-,13-,14+,15-,16-,18+,19-,20+,21+,22-,23+/m1/s1. The molecular formula is C23H28O11. The van der Waals surface area contributed by atoms with Gasteiger partial charge in [-0.3, -0.25) is 0 Å². The van der Waals surface area contributed by atoms with E-state index >= 15 is 0 Å². The Kier molecular flexibility index (Phi) is 4.81. The van der Waals surface area contributed by atoms with E-state index in [2.05, 4.69) is 0 Å². The lowest BCUT2D eigenvalue weighted by Crippen LogP contribution is -2.80. The molecule has 0 unspecified atom stereocenters. The van der Waals surface area contributed by atoms with Crippen LogP contribution >= 0.6 is 0 Å². The highest BCUT2D eigenvalue weighted by Gasteiger charge is 2.94. The van der Waals surface area contributed by atoms with Crippen LogP contribution < -0.4 is 0 Å². The van der Waals surface area contributed by atoms with Gasteiger partial charge in [-0.05, 0) is 25.5 Å². The largest absolute Gasteiger partial charge is 0.461 e. The van der Waals surface area contributed by atoms with Crippen LogP contribution in [0.2, 0.25) is 0 Å². The molecule has 11 atom stereocenters. The number of hydrogen-bond acceptors (Lipinski definition) is 11. The Morgan fingerprint density at radius 3 is 2.56 bits per heavy atom. The second kappa shape index (κ2) is 7.19. The summed E-state index contributed by atoms with van der Waals surface area (Å²) >= 11 is 0. The van der Waals surface area contributed by atoms with Crippen molar-refractivity contribution in [2.45, 2.75) is 73.8 Å². The molecule has 4 heterocycles. The number of esters is 1. The molecule has 0 amide bonds. The van der Waals surface area contributed by atoms with Crippen molar-refractivity contribution < 1.29 is 54.0 Å². The van der Waals surface area contributed by atoms with Crippen LogP contribution in [0.15, 0.2) is 30.3 Å². The lowest BCUT2D eigenvalue weighted by atomic mass is 9.41. The first-order chi connectivity index (χ1) is 16.1. The lowest BCUT2D eigenvalue weighted by molar-refractivity contribution is -0.424.